The van der Waals surface area contributed by atoms with Crippen LogP contribution in [0, 0.1) is 0 Å². The monoisotopic (exact) mass is 227 g/mol. The van der Waals surface area contributed by atoms with Gasteiger partial charge in [-0.2, -0.15) is 0 Å². The summed E-state index contributed by atoms with van der Waals surface area (Å²) in [5.41, 5.74) is 4.77. The Labute approximate surface area is 67.7 Å². The maximum Gasteiger partial charge on any atom is 0.322 e. The van der Waals surface area contributed by atoms with Crippen molar-refractivity contribution in [1.29, 1.82) is 0 Å². The third-order valence-corrected chi connectivity index (χ3v) is 0.514. The Morgan fingerprint density at radius 1 is 1.67 bits per heavy atom. The number of rotatable bonds is 2. The minimum Gasteiger partial charge on any atom is -0.480 e. The molecule has 4 N–H and O–H groups in total. The van der Waals surface area contributed by atoms with Gasteiger partial charge in [0.05, 0.1) is 6.61 Å². The van der Waals surface area contributed by atoms with Crippen LogP contribution in [0.15, 0.2) is 0 Å². The van der Waals surface area contributed by atoms with Crippen molar-refractivity contribution >= 4 is 5.97 Å². The van der Waals surface area contributed by atoms with Crippen molar-refractivity contribution in [2.75, 3.05) is 6.61 Å². The third kappa shape index (κ3) is 8.05. The van der Waals surface area contributed by atoms with Crippen LogP contribution in [0.5, 0.6) is 0 Å². The molecule has 1 atom stereocenters. The van der Waals surface area contributed by atoms with Gasteiger partial charge in [-0.25, -0.2) is 0 Å². The summed E-state index contributed by atoms with van der Waals surface area (Å²) in [6.07, 6.45) is 0. The maximum absolute atomic E-state index is 9.65. The van der Waals surface area contributed by atoms with Gasteiger partial charge < -0.3 is 15.9 Å². The number of aliphatic carboxylic acids is 1. The molecule has 4 nitrogen and oxygen atoms in total. The second-order valence-corrected chi connectivity index (χ2v) is 1.13. The molecule has 0 saturated carbocycles. The van der Waals surface area contributed by atoms with E-state index < -0.39 is 18.6 Å². The molecule has 0 amide bonds. The van der Waals surface area contributed by atoms with E-state index in [0.717, 1.165) is 0 Å². The molecule has 0 unspecified atom stereocenters. The van der Waals surface area contributed by atoms with Crippen LogP contribution in [-0.2, 0) is 25.2 Å². The van der Waals surface area contributed by atoms with Crippen LogP contribution in [0.1, 0.15) is 7.43 Å². The molecule has 60 valence electrons. The van der Waals surface area contributed by atoms with Crippen LogP contribution in [0.3, 0.4) is 0 Å². The van der Waals surface area contributed by atoms with E-state index in [0.29, 0.717) is 0 Å². The average Bonchev–Trinajstić information content (AvgIpc) is 1.65. The Kier molecular flexibility index (Phi) is 14.3. The first-order chi connectivity index (χ1) is 3.18. The summed E-state index contributed by atoms with van der Waals surface area (Å²) in [4.78, 5) is 9.65. The molecule has 0 spiro atoms. The summed E-state index contributed by atoms with van der Waals surface area (Å²) < 4.78 is 0. The first-order valence-electron chi connectivity index (χ1n) is 1.77. The van der Waals surface area contributed by atoms with Gasteiger partial charge in [-0.05, 0) is 0 Å². The van der Waals surface area contributed by atoms with Gasteiger partial charge in [0, 0.05) is 20.4 Å². The molecule has 5 heteroatoms. The molecular weight excluding hydrogens is 216 g/mol. The predicted molar refractivity (Wildman–Crippen MR) is 29.4 cm³/mol. The van der Waals surface area contributed by atoms with Gasteiger partial charge in [0.2, 0.25) is 0 Å². The summed E-state index contributed by atoms with van der Waals surface area (Å²) >= 11 is 0. The van der Waals surface area contributed by atoms with E-state index in [4.69, 9.17) is 15.9 Å². The number of hydrogen-bond acceptors (Lipinski definition) is 3. The first kappa shape index (κ1) is 16.0. The Hall–Kier alpha value is 0.0523. The van der Waals surface area contributed by atoms with Crippen LogP contribution in [0.4, 0.5) is 0 Å². The number of carboxylic acid groups (broad SMARTS) is 1. The Morgan fingerprint density at radius 2 is 2.00 bits per heavy atom. The van der Waals surface area contributed by atoms with Gasteiger partial charge in [0.25, 0.3) is 0 Å². The van der Waals surface area contributed by atoms with E-state index in [-0.39, 0.29) is 27.8 Å². The van der Waals surface area contributed by atoms with Crippen LogP contribution in [0.25, 0.3) is 0 Å². The minimum absolute atomic E-state index is 0. The van der Waals surface area contributed by atoms with E-state index in [1.165, 1.54) is 0 Å². The molecule has 0 aromatic heterocycles. The SMILES string of the molecule is C.N[C@@H](CO)C(=O)O.[Pd]. The Bertz CT molecular complexity index is 78.2. The standard InChI is InChI=1S/C3H7NO3.CH4.Pd/c4-2(1-5)3(6)7;;/h2,5H,1,4H2,(H,6,7);1H4;/t2-;;/m0../s1. The topological polar surface area (TPSA) is 83.5 Å². The molecule has 0 radical (unpaired) electrons. The van der Waals surface area contributed by atoms with E-state index in [9.17, 15) is 4.79 Å². The van der Waals surface area contributed by atoms with Gasteiger partial charge in [-0.15, -0.1) is 0 Å². The summed E-state index contributed by atoms with van der Waals surface area (Å²) in [6.45, 7) is -0.505. The quantitative estimate of drug-likeness (QED) is 0.530. The number of carboxylic acids is 1. The van der Waals surface area contributed by atoms with Gasteiger partial charge in [0.1, 0.15) is 6.04 Å². The summed E-state index contributed by atoms with van der Waals surface area (Å²) in [5, 5.41) is 15.9. The minimum atomic E-state index is -1.18. The van der Waals surface area contributed by atoms with E-state index in [1.807, 2.05) is 0 Å². The molecule has 0 aliphatic heterocycles. The van der Waals surface area contributed by atoms with Crippen molar-refractivity contribution in [3.63, 3.8) is 0 Å². The zero-order valence-electron chi connectivity index (χ0n) is 3.98. The van der Waals surface area contributed by atoms with E-state index in [1.54, 1.807) is 0 Å². The predicted octanol–water partition coefficient (Wildman–Crippen LogP) is -0.976. The van der Waals surface area contributed by atoms with Gasteiger partial charge in [-0.1, -0.05) is 7.43 Å². The average molecular weight is 228 g/mol. The molecule has 0 bridgehead atoms. The number of carbonyl (C=O) groups is 1. The van der Waals surface area contributed by atoms with Crippen molar-refractivity contribution in [2.45, 2.75) is 13.5 Å². The van der Waals surface area contributed by atoms with Gasteiger partial charge in [-0.3, -0.25) is 4.79 Å². The molecule has 0 aromatic rings. The number of aliphatic hydroxyl groups is 1. The van der Waals surface area contributed by atoms with Crippen LogP contribution in [-0.4, -0.2) is 28.8 Å². The van der Waals surface area contributed by atoms with Crippen molar-refractivity contribution in [3.8, 4) is 0 Å². The molecule has 0 heterocycles. The van der Waals surface area contributed by atoms with Gasteiger partial charge in [0.15, 0.2) is 0 Å². The number of aliphatic hydroxyl groups excluding tert-OH is 1. The van der Waals surface area contributed by atoms with Crippen molar-refractivity contribution < 1.29 is 35.4 Å². The zero-order chi connectivity index (χ0) is 5.86. The van der Waals surface area contributed by atoms with Crippen molar-refractivity contribution in [2.24, 2.45) is 5.73 Å². The van der Waals surface area contributed by atoms with Crippen LogP contribution in [0.2, 0.25) is 0 Å². The summed E-state index contributed by atoms with van der Waals surface area (Å²) in [7, 11) is 0. The third-order valence-electron chi connectivity index (χ3n) is 0.514. The Balaban J connectivity index is -0.000000180. The van der Waals surface area contributed by atoms with Crippen LogP contribution >= 0.6 is 0 Å². The normalized spacial score (nSPS) is 10.4. The van der Waals surface area contributed by atoms with E-state index >= 15 is 0 Å². The molecule has 9 heavy (non-hydrogen) atoms. The molecule has 0 rings (SSSR count). The van der Waals surface area contributed by atoms with Crippen molar-refractivity contribution in [3.05, 3.63) is 0 Å². The molecule has 0 fully saturated rings. The fourth-order valence-corrected chi connectivity index (χ4v) is 0.0781. The summed E-state index contributed by atoms with van der Waals surface area (Å²) in [5.74, 6) is -1.18. The largest absolute Gasteiger partial charge is 0.480 e. The Morgan fingerprint density at radius 3 is 2.00 bits per heavy atom. The maximum atomic E-state index is 9.65. The first-order valence-corrected chi connectivity index (χ1v) is 1.77. The fourth-order valence-electron chi connectivity index (χ4n) is 0.0781. The summed E-state index contributed by atoms with van der Waals surface area (Å²) in [6, 6.07) is -1.13. The number of hydrogen-bond donors (Lipinski definition) is 3. The molecular formula is C4H11NO3Pd. The van der Waals surface area contributed by atoms with E-state index in [2.05, 4.69) is 0 Å². The fraction of sp³-hybridized carbons (Fsp3) is 0.750. The second kappa shape index (κ2) is 8.05. The van der Waals surface area contributed by atoms with Crippen LogP contribution < -0.4 is 5.73 Å². The number of nitrogens with two attached hydrogens (primary N) is 1. The second-order valence-electron chi connectivity index (χ2n) is 1.13. The molecule has 0 aromatic carbocycles. The van der Waals surface area contributed by atoms with Gasteiger partial charge >= 0.3 is 5.97 Å². The smallest absolute Gasteiger partial charge is 0.322 e. The van der Waals surface area contributed by atoms with Crippen molar-refractivity contribution in [1.82, 2.24) is 0 Å². The molecule has 0 saturated heterocycles. The zero-order valence-corrected chi connectivity index (χ0v) is 5.54. The molecule has 0 aliphatic carbocycles. The molecule has 0 aliphatic rings.